The van der Waals surface area contributed by atoms with Crippen molar-refractivity contribution in [2.45, 2.75) is 65.5 Å². The predicted molar refractivity (Wildman–Crippen MR) is 96.3 cm³/mol. The molecular formula is C20H32N2O. The molecule has 1 fully saturated rings. The first-order valence-electron chi connectivity index (χ1n) is 8.79. The van der Waals surface area contributed by atoms with Crippen molar-refractivity contribution in [3.63, 3.8) is 0 Å². The van der Waals surface area contributed by atoms with E-state index in [1.54, 1.807) is 0 Å². The van der Waals surface area contributed by atoms with E-state index in [-0.39, 0.29) is 22.9 Å². The van der Waals surface area contributed by atoms with E-state index in [2.05, 4.69) is 57.0 Å². The van der Waals surface area contributed by atoms with Crippen LogP contribution in [0.1, 0.15) is 65.5 Å². The molecule has 3 nitrogen and oxygen atoms in total. The first kappa shape index (κ1) is 18.0. The van der Waals surface area contributed by atoms with Crippen LogP contribution < -0.4 is 5.32 Å². The van der Waals surface area contributed by atoms with Crippen LogP contribution in [0.25, 0.3) is 0 Å². The highest BCUT2D eigenvalue weighted by atomic mass is 16.2. The molecule has 1 heterocycles. The van der Waals surface area contributed by atoms with Crippen LogP contribution in [0.5, 0.6) is 0 Å². The van der Waals surface area contributed by atoms with Gasteiger partial charge in [0, 0.05) is 5.54 Å². The van der Waals surface area contributed by atoms with E-state index in [0.717, 1.165) is 25.1 Å². The Labute approximate surface area is 141 Å². The second-order valence-corrected chi connectivity index (χ2v) is 8.67. The van der Waals surface area contributed by atoms with E-state index in [1.807, 2.05) is 18.2 Å². The van der Waals surface area contributed by atoms with E-state index in [0.29, 0.717) is 0 Å². The van der Waals surface area contributed by atoms with Gasteiger partial charge >= 0.3 is 0 Å². The number of nitrogens with one attached hydrogen (secondary N) is 1. The Hall–Kier alpha value is -1.35. The zero-order chi connectivity index (χ0) is 17.1. The molecule has 1 aromatic rings. The minimum absolute atomic E-state index is 0.132. The van der Waals surface area contributed by atoms with Crippen LogP contribution in [-0.2, 0) is 4.79 Å². The van der Waals surface area contributed by atoms with E-state index in [9.17, 15) is 4.79 Å². The average molecular weight is 316 g/mol. The normalized spacial score (nSPS) is 18.0. The minimum atomic E-state index is -0.206. The lowest BCUT2D eigenvalue weighted by atomic mass is 9.81. The number of amides is 1. The monoisotopic (exact) mass is 316 g/mol. The van der Waals surface area contributed by atoms with Crippen molar-refractivity contribution in [1.82, 2.24) is 10.2 Å². The maximum absolute atomic E-state index is 13.1. The highest BCUT2D eigenvalue weighted by Gasteiger charge is 2.34. The quantitative estimate of drug-likeness (QED) is 0.885. The molecule has 2 rings (SSSR count). The molecular weight excluding hydrogens is 284 g/mol. The minimum Gasteiger partial charge on any atom is -0.350 e. The lowest BCUT2D eigenvalue weighted by Crippen LogP contribution is -2.50. The fourth-order valence-corrected chi connectivity index (χ4v) is 3.94. The Morgan fingerprint density at radius 1 is 1.09 bits per heavy atom. The highest BCUT2D eigenvalue weighted by Crippen LogP contribution is 2.29. The summed E-state index contributed by atoms with van der Waals surface area (Å²) in [6.07, 6.45) is 3.32. The lowest BCUT2D eigenvalue weighted by Gasteiger charge is -2.36. The molecule has 128 valence electrons. The summed E-state index contributed by atoms with van der Waals surface area (Å²) in [5.74, 6) is 0.132. The Bertz CT molecular complexity index is 510. The Morgan fingerprint density at radius 3 is 2.17 bits per heavy atom. The Balaban J connectivity index is 2.17. The van der Waals surface area contributed by atoms with Crippen molar-refractivity contribution >= 4 is 5.91 Å². The number of hydrogen-bond acceptors (Lipinski definition) is 2. The van der Waals surface area contributed by atoms with Crippen molar-refractivity contribution in [3.8, 4) is 0 Å². The van der Waals surface area contributed by atoms with Gasteiger partial charge in [0.2, 0.25) is 5.91 Å². The van der Waals surface area contributed by atoms with Gasteiger partial charge in [-0.2, -0.15) is 0 Å². The number of rotatable bonds is 5. The molecule has 0 aliphatic carbocycles. The van der Waals surface area contributed by atoms with Crippen LogP contribution in [-0.4, -0.2) is 29.4 Å². The number of nitrogens with zero attached hydrogens (tertiary/aromatic N) is 1. The molecule has 1 amide bonds. The first-order chi connectivity index (χ1) is 10.7. The third-order valence-electron chi connectivity index (χ3n) is 4.30. The molecule has 1 aliphatic heterocycles. The van der Waals surface area contributed by atoms with Gasteiger partial charge in [-0.1, -0.05) is 51.1 Å². The van der Waals surface area contributed by atoms with Crippen molar-refractivity contribution in [2.24, 2.45) is 5.41 Å². The summed E-state index contributed by atoms with van der Waals surface area (Å²) in [6.45, 7) is 12.9. The summed E-state index contributed by atoms with van der Waals surface area (Å²) in [4.78, 5) is 15.4. The Morgan fingerprint density at radius 2 is 1.65 bits per heavy atom. The molecule has 1 unspecified atom stereocenters. The van der Waals surface area contributed by atoms with Gasteiger partial charge in [-0.3, -0.25) is 9.69 Å². The van der Waals surface area contributed by atoms with Crippen molar-refractivity contribution < 1.29 is 4.79 Å². The molecule has 0 bridgehead atoms. The average Bonchev–Trinajstić information content (AvgIpc) is 2.90. The van der Waals surface area contributed by atoms with Crippen molar-refractivity contribution in [1.29, 1.82) is 0 Å². The molecule has 3 heteroatoms. The Kier molecular flexibility index (Phi) is 5.51. The van der Waals surface area contributed by atoms with E-state index < -0.39 is 0 Å². The van der Waals surface area contributed by atoms with Crippen LogP contribution in [0.3, 0.4) is 0 Å². The molecule has 1 aromatic carbocycles. The number of likely N-dealkylation sites (tertiary alicyclic amines) is 1. The van der Waals surface area contributed by atoms with Gasteiger partial charge in [0.1, 0.15) is 6.04 Å². The van der Waals surface area contributed by atoms with Gasteiger partial charge in [0.15, 0.2) is 0 Å². The van der Waals surface area contributed by atoms with Crippen LogP contribution >= 0.6 is 0 Å². The summed E-state index contributed by atoms with van der Waals surface area (Å²) in [5, 5.41) is 3.31. The smallest absolute Gasteiger partial charge is 0.242 e. The first-order valence-corrected chi connectivity index (χ1v) is 8.79. The SMILES string of the molecule is CC(C)(C)CC(C)(C)NC(=O)C(c1ccccc1)N1CCCC1. The predicted octanol–water partition coefficient (Wildman–Crippen LogP) is 4.15. The highest BCUT2D eigenvalue weighted by molar-refractivity contribution is 5.83. The maximum Gasteiger partial charge on any atom is 0.242 e. The zero-order valence-corrected chi connectivity index (χ0v) is 15.4. The summed E-state index contributed by atoms with van der Waals surface area (Å²) in [7, 11) is 0. The maximum atomic E-state index is 13.1. The topological polar surface area (TPSA) is 32.3 Å². The van der Waals surface area contributed by atoms with Crippen LogP contribution in [0, 0.1) is 5.41 Å². The lowest BCUT2D eigenvalue weighted by molar-refractivity contribution is -0.128. The standard InChI is InChI=1S/C20H32N2O/c1-19(2,3)15-20(4,5)21-18(23)17(22-13-9-10-14-22)16-11-7-6-8-12-16/h6-8,11-12,17H,9-10,13-15H2,1-5H3,(H,21,23). The van der Waals surface area contributed by atoms with Crippen LogP contribution in [0.2, 0.25) is 0 Å². The third kappa shape index (κ3) is 5.35. The summed E-state index contributed by atoms with van der Waals surface area (Å²) >= 11 is 0. The number of benzene rings is 1. The third-order valence-corrected chi connectivity index (χ3v) is 4.30. The van der Waals surface area contributed by atoms with E-state index in [4.69, 9.17) is 0 Å². The molecule has 1 saturated heterocycles. The number of hydrogen-bond donors (Lipinski definition) is 1. The molecule has 1 atom stereocenters. The molecule has 0 saturated carbocycles. The zero-order valence-electron chi connectivity index (χ0n) is 15.4. The summed E-state index contributed by atoms with van der Waals surface area (Å²) < 4.78 is 0. The molecule has 1 aliphatic rings. The van der Waals surface area contributed by atoms with Gasteiger partial charge in [0.25, 0.3) is 0 Å². The molecule has 0 spiro atoms. The molecule has 23 heavy (non-hydrogen) atoms. The second kappa shape index (κ2) is 7.04. The number of carbonyl (C=O) groups excluding carboxylic acids is 1. The fourth-order valence-electron chi connectivity index (χ4n) is 3.94. The summed E-state index contributed by atoms with van der Waals surface area (Å²) in [6, 6.07) is 10.0. The van der Waals surface area contributed by atoms with E-state index in [1.165, 1.54) is 12.8 Å². The van der Waals surface area contributed by atoms with Gasteiger partial charge in [-0.05, 0) is 57.2 Å². The van der Waals surface area contributed by atoms with Gasteiger partial charge in [0.05, 0.1) is 0 Å². The molecule has 1 N–H and O–H groups in total. The van der Waals surface area contributed by atoms with Gasteiger partial charge in [-0.25, -0.2) is 0 Å². The van der Waals surface area contributed by atoms with E-state index >= 15 is 0 Å². The molecule has 0 aromatic heterocycles. The van der Waals surface area contributed by atoms with Gasteiger partial charge in [-0.15, -0.1) is 0 Å². The largest absolute Gasteiger partial charge is 0.350 e. The van der Waals surface area contributed by atoms with Crippen molar-refractivity contribution in [3.05, 3.63) is 35.9 Å². The van der Waals surface area contributed by atoms with Crippen molar-refractivity contribution in [2.75, 3.05) is 13.1 Å². The second-order valence-electron chi connectivity index (χ2n) is 8.67. The van der Waals surface area contributed by atoms with Crippen LogP contribution in [0.15, 0.2) is 30.3 Å². The fraction of sp³-hybridized carbons (Fsp3) is 0.650. The molecule has 0 radical (unpaired) electrons. The van der Waals surface area contributed by atoms with Gasteiger partial charge < -0.3 is 5.32 Å². The number of carbonyl (C=O) groups is 1. The summed E-state index contributed by atoms with van der Waals surface area (Å²) in [5.41, 5.74) is 1.08. The van der Waals surface area contributed by atoms with Crippen LogP contribution in [0.4, 0.5) is 0 Å².